The first kappa shape index (κ1) is 20.2. The molecular weight excluding hydrogens is 438 g/mol. The number of rotatable bonds is 4. The van der Waals surface area contributed by atoms with E-state index in [1.165, 1.54) is 4.90 Å². The molecule has 4 aliphatic rings. The summed E-state index contributed by atoms with van der Waals surface area (Å²) in [6.07, 6.45) is 0. The highest BCUT2D eigenvalue weighted by atomic mass is 35.5. The van der Waals surface area contributed by atoms with Gasteiger partial charge in [0, 0.05) is 11.8 Å². The minimum Gasteiger partial charge on any atom is -0.460 e. The molecule has 0 aromatic heterocycles. The van der Waals surface area contributed by atoms with Gasteiger partial charge < -0.3 is 4.74 Å². The topological polar surface area (TPSA) is 63.7 Å². The monoisotopic (exact) mass is 457 g/mol. The number of nitrogens with zero attached hydrogens (tertiary/aromatic N) is 1. The van der Waals surface area contributed by atoms with E-state index in [9.17, 15) is 14.4 Å². The van der Waals surface area contributed by atoms with Crippen LogP contribution in [0, 0.1) is 11.8 Å². The number of esters is 1. The summed E-state index contributed by atoms with van der Waals surface area (Å²) in [6, 6.07) is 22.9. The molecule has 1 fully saturated rings. The van der Waals surface area contributed by atoms with Crippen molar-refractivity contribution >= 4 is 29.4 Å². The Morgan fingerprint density at radius 1 is 0.758 bits per heavy atom. The van der Waals surface area contributed by atoms with Crippen LogP contribution in [0.1, 0.15) is 44.4 Å². The molecule has 5 nitrogen and oxygen atoms in total. The van der Waals surface area contributed by atoms with Gasteiger partial charge in [-0.05, 0) is 34.4 Å². The van der Waals surface area contributed by atoms with Crippen LogP contribution in [0.15, 0.2) is 72.8 Å². The lowest BCUT2D eigenvalue weighted by Crippen LogP contribution is -2.41. The van der Waals surface area contributed by atoms with Gasteiger partial charge in [0.05, 0.1) is 29.0 Å². The van der Waals surface area contributed by atoms with Gasteiger partial charge in [-0.25, -0.2) is 4.79 Å². The van der Waals surface area contributed by atoms with Gasteiger partial charge in [-0.15, -0.1) is 0 Å². The molecule has 3 aromatic rings. The SMILES string of the molecule is O=C(OCCN1C(=O)C2C3c4ccccc4C(c4ccccc43)C2C1=O)c1ccccc1Cl. The molecule has 2 amide bonds. The third-order valence-electron chi connectivity index (χ3n) is 7.18. The predicted molar refractivity (Wildman–Crippen MR) is 122 cm³/mol. The molecule has 2 bridgehead atoms. The van der Waals surface area contributed by atoms with Crippen molar-refractivity contribution in [3.63, 3.8) is 0 Å². The highest BCUT2D eigenvalue weighted by molar-refractivity contribution is 6.33. The number of imide groups is 1. The fourth-order valence-corrected chi connectivity index (χ4v) is 6.11. The van der Waals surface area contributed by atoms with Crippen LogP contribution in [0.5, 0.6) is 0 Å². The number of ether oxygens (including phenoxy) is 1. The largest absolute Gasteiger partial charge is 0.460 e. The van der Waals surface area contributed by atoms with E-state index in [1.54, 1.807) is 24.3 Å². The summed E-state index contributed by atoms with van der Waals surface area (Å²) in [5.74, 6) is -2.07. The van der Waals surface area contributed by atoms with Gasteiger partial charge in [-0.2, -0.15) is 0 Å². The molecule has 3 aliphatic carbocycles. The Labute approximate surface area is 195 Å². The second-order valence-electron chi connectivity index (χ2n) is 8.71. The van der Waals surface area contributed by atoms with Gasteiger partial charge in [-0.1, -0.05) is 72.3 Å². The van der Waals surface area contributed by atoms with Gasteiger partial charge in [0.15, 0.2) is 0 Å². The van der Waals surface area contributed by atoms with Gasteiger partial charge >= 0.3 is 5.97 Å². The fourth-order valence-electron chi connectivity index (χ4n) is 5.89. The second-order valence-corrected chi connectivity index (χ2v) is 9.12. The zero-order valence-electron chi connectivity index (χ0n) is 17.6. The van der Waals surface area contributed by atoms with Gasteiger partial charge in [0.25, 0.3) is 0 Å². The number of amides is 2. The van der Waals surface area contributed by atoms with Gasteiger partial charge in [0.1, 0.15) is 6.61 Å². The number of likely N-dealkylation sites (tertiary alicyclic amines) is 1. The maximum absolute atomic E-state index is 13.5. The number of halogens is 1. The van der Waals surface area contributed by atoms with Crippen LogP contribution < -0.4 is 0 Å². The minimum atomic E-state index is -0.572. The van der Waals surface area contributed by atoms with Gasteiger partial charge in [-0.3, -0.25) is 14.5 Å². The molecule has 7 rings (SSSR count). The summed E-state index contributed by atoms with van der Waals surface area (Å²) in [6.45, 7) is -0.0385. The quantitative estimate of drug-likeness (QED) is 0.430. The predicted octanol–water partition coefficient (Wildman–Crippen LogP) is 4.39. The van der Waals surface area contributed by atoms with E-state index >= 15 is 0 Å². The first-order valence-corrected chi connectivity index (χ1v) is 11.4. The normalized spacial score (nSPS) is 24.3. The molecule has 33 heavy (non-hydrogen) atoms. The average molecular weight is 458 g/mol. The Morgan fingerprint density at radius 3 is 1.70 bits per heavy atom. The Bertz CT molecular complexity index is 1200. The molecule has 1 heterocycles. The van der Waals surface area contributed by atoms with Crippen molar-refractivity contribution in [1.29, 1.82) is 0 Å². The molecule has 2 unspecified atom stereocenters. The first-order valence-electron chi connectivity index (χ1n) is 11.0. The molecule has 1 saturated heterocycles. The standard InChI is InChI=1S/C27H20ClNO4/c28-20-12-6-5-11-19(20)27(32)33-14-13-29-25(30)23-21-15-7-1-2-8-16(15)22(24(23)26(29)31)18-10-4-3-9-17(18)21/h1-12,21-24H,13-14H2. The number of hydrogen-bond donors (Lipinski definition) is 0. The third-order valence-corrected chi connectivity index (χ3v) is 7.51. The summed E-state index contributed by atoms with van der Waals surface area (Å²) in [5.41, 5.74) is 4.80. The molecule has 3 aromatic carbocycles. The molecular formula is C27H20ClNO4. The average Bonchev–Trinajstić information content (AvgIpc) is 3.09. The molecule has 0 saturated carbocycles. The molecule has 1 aliphatic heterocycles. The van der Waals surface area contributed by atoms with E-state index in [0.717, 1.165) is 22.3 Å². The highest BCUT2D eigenvalue weighted by Gasteiger charge is 2.61. The summed E-state index contributed by atoms with van der Waals surface area (Å²) in [5, 5.41) is 0.300. The Hall–Kier alpha value is -3.44. The van der Waals surface area contributed by atoms with Crippen molar-refractivity contribution in [2.45, 2.75) is 11.8 Å². The maximum Gasteiger partial charge on any atom is 0.339 e. The number of carbonyl (C=O) groups excluding carboxylic acids is 3. The Balaban J connectivity index is 1.27. The molecule has 0 radical (unpaired) electrons. The van der Waals surface area contributed by atoms with Crippen LogP contribution >= 0.6 is 11.6 Å². The Kier molecular flexibility index (Phi) is 4.63. The van der Waals surface area contributed by atoms with Crippen molar-refractivity contribution in [1.82, 2.24) is 4.90 Å². The van der Waals surface area contributed by atoms with Crippen molar-refractivity contribution in [3.05, 3.63) is 106 Å². The lowest BCUT2D eigenvalue weighted by atomic mass is 9.55. The van der Waals surface area contributed by atoms with E-state index in [-0.39, 0.29) is 42.4 Å². The van der Waals surface area contributed by atoms with Crippen molar-refractivity contribution < 1.29 is 19.1 Å². The molecule has 164 valence electrons. The summed E-state index contributed by atoms with van der Waals surface area (Å²) in [4.78, 5) is 40.7. The van der Waals surface area contributed by atoms with Crippen LogP contribution in [-0.4, -0.2) is 35.8 Å². The summed E-state index contributed by atoms with van der Waals surface area (Å²) in [7, 11) is 0. The maximum atomic E-state index is 13.5. The minimum absolute atomic E-state index is 0.0347. The first-order chi connectivity index (χ1) is 16.1. The molecule has 6 heteroatoms. The van der Waals surface area contributed by atoms with Crippen molar-refractivity contribution in [2.24, 2.45) is 11.8 Å². The van der Waals surface area contributed by atoms with Crippen LogP contribution in [0.25, 0.3) is 0 Å². The van der Waals surface area contributed by atoms with Gasteiger partial charge in [0.2, 0.25) is 11.8 Å². The fraction of sp³-hybridized carbons (Fsp3) is 0.222. The third kappa shape index (κ3) is 2.89. The highest BCUT2D eigenvalue weighted by Crippen LogP contribution is 2.60. The molecule has 0 spiro atoms. The second kappa shape index (κ2) is 7.56. The van der Waals surface area contributed by atoms with Crippen LogP contribution in [0.3, 0.4) is 0 Å². The van der Waals surface area contributed by atoms with E-state index < -0.39 is 17.8 Å². The number of hydrogen-bond acceptors (Lipinski definition) is 4. The molecule has 2 atom stereocenters. The molecule has 0 N–H and O–H groups in total. The van der Waals surface area contributed by atoms with Crippen molar-refractivity contribution in [2.75, 3.05) is 13.2 Å². The number of benzene rings is 3. The summed E-state index contributed by atoms with van der Waals surface area (Å²) >= 11 is 6.06. The number of carbonyl (C=O) groups is 3. The van der Waals surface area contributed by atoms with Crippen LogP contribution in [0.2, 0.25) is 5.02 Å². The van der Waals surface area contributed by atoms with Crippen LogP contribution in [-0.2, 0) is 14.3 Å². The smallest absolute Gasteiger partial charge is 0.339 e. The van der Waals surface area contributed by atoms with E-state index in [0.29, 0.717) is 5.02 Å². The zero-order valence-corrected chi connectivity index (χ0v) is 18.4. The van der Waals surface area contributed by atoms with E-state index in [2.05, 4.69) is 24.3 Å². The van der Waals surface area contributed by atoms with Crippen LogP contribution in [0.4, 0.5) is 0 Å². The lowest BCUT2D eigenvalue weighted by molar-refractivity contribution is -0.140. The van der Waals surface area contributed by atoms with E-state index in [4.69, 9.17) is 16.3 Å². The van der Waals surface area contributed by atoms with Crippen molar-refractivity contribution in [3.8, 4) is 0 Å². The lowest BCUT2D eigenvalue weighted by Gasteiger charge is -2.45. The Morgan fingerprint density at radius 2 is 1.21 bits per heavy atom. The zero-order chi connectivity index (χ0) is 22.7. The van der Waals surface area contributed by atoms with E-state index in [1.807, 2.05) is 24.3 Å². The summed E-state index contributed by atoms with van der Waals surface area (Å²) < 4.78 is 5.34.